The van der Waals surface area contributed by atoms with Crippen LogP contribution in [0.5, 0.6) is 5.75 Å². The molecule has 1 aliphatic rings. The molecule has 7 amide bonds. The molecular weight excluding hydrogens is 859 g/mol. The zero-order chi connectivity index (χ0) is 48.8. The highest BCUT2D eigenvalue weighted by Crippen LogP contribution is 2.23. The Balaban J connectivity index is 1.56. The number of H-pyrrole nitrogens is 1. The number of quaternary nitrogens is 1. The van der Waals surface area contributed by atoms with E-state index in [4.69, 9.17) is 5.73 Å². The molecular formula is C45H60N9O12-. The normalized spacial score (nSPS) is 16.8. The van der Waals surface area contributed by atoms with Crippen LogP contribution in [0.2, 0.25) is 0 Å². The van der Waals surface area contributed by atoms with Gasteiger partial charge >= 0.3 is 0 Å². The lowest BCUT2D eigenvalue weighted by Gasteiger charge is -2.33. The number of carboxylic acids is 2. The minimum Gasteiger partial charge on any atom is -0.550 e. The fraction of sp³-hybridized carbons (Fsp3) is 0.489. The van der Waals surface area contributed by atoms with Crippen LogP contribution in [-0.4, -0.2) is 117 Å². The molecule has 12 N–H and O–H groups in total. The van der Waals surface area contributed by atoms with E-state index in [2.05, 4.69) is 37.3 Å². The number of aromatic hydroxyl groups is 1. The number of aliphatic carboxylic acids is 2. The number of aromatic nitrogens is 1. The van der Waals surface area contributed by atoms with Crippen molar-refractivity contribution in [1.82, 2.24) is 36.5 Å². The summed E-state index contributed by atoms with van der Waals surface area (Å²) in [4.78, 5) is 123. The number of para-hydroxylation sites is 1. The lowest BCUT2D eigenvalue weighted by Crippen LogP contribution is -2.70. The standard InChI is InChI=1S/C45H61N9O12/c1-5-24(4)38(44(64)54-18-8-11-34(54)43(63)51-33(21-35(47)56)42(62)52-37(23(2)3)45(65)66)53-41(61)32(19-25-12-14-27(55)15-13-25)50-40(60)31(16-17-36(57)58)49-39(59)29(46)20-26-22-48-30-10-7-6-9-28(26)30/h6-7,9-10,12-15,22-24,29,31-34,37-38,48,55H,5,8,11,16-21,46H2,1-4H3,(H2,47,56)(H,49,59)(H,50,60)(H,51,63)(H,52,62)(H,53,61)(H,57,58)(H,65,66)/p-1/t24-,29-,31-,32-,33-,34-,37-,38-/m0/s1. The van der Waals surface area contributed by atoms with E-state index >= 15 is 0 Å². The largest absolute Gasteiger partial charge is 0.550 e. The van der Waals surface area contributed by atoms with Crippen molar-refractivity contribution >= 4 is 64.2 Å². The van der Waals surface area contributed by atoms with E-state index in [9.17, 15) is 58.5 Å². The summed E-state index contributed by atoms with van der Waals surface area (Å²) in [7, 11) is 0. The van der Waals surface area contributed by atoms with Gasteiger partial charge in [-0.2, -0.15) is 0 Å². The topological polar surface area (TPSA) is 353 Å². The summed E-state index contributed by atoms with van der Waals surface area (Å²) >= 11 is 0. The van der Waals surface area contributed by atoms with Gasteiger partial charge in [0.1, 0.15) is 36.0 Å². The second-order valence-electron chi connectivity index (χ2n) is 17.0. The molecule has 8 atom stereocenters. The van der Waals surface area contributed by atoms with Crippen molar-refractivity contribution in [2.24, 2.45) is 17.6 Å². The van der Waals surface area contributed by atoms with Crippen molar-refractivity contribution in [2.45, 2.75) is 121 Å². The van der Waals surface area contributed by atoms with Crippen molar-refractivity contribution < 1.29 is 64.2 Å². The summed E-state index contributed by atoms with van der Waals surface area (Å²) in [6.07, 6.45) is 0.839. The fourth-order valence-electron chi connectivity index (χ4n) is 7.68. The molecule has 2 aromatic carbocycles. The number of nitrogens with one attached hydrogen (secondary N) is 6. The van der Waals surface area contributed by atoms with Gasteiger partial charge in [0.15, 0.2) is 6.04 Å². The van der Waals surface area contributed by atoms with Crippen molar-refractivity contribution in [3.05, 3.63) is 65.9 Å². The summed E-state index contributed by atoms with van der Waals surface area (Å²) < 4.78 is 0. The Hall–Kier alpha value is -7.03. The molecule has 66 heavy (non-hydrogen) atoms. The number of nitrogens with zero attached hydrogens (tertiary/aromatic N) is 1. The van der Waals surface area contributed by atoms with E-state index in [1.165, 1.54) is 43.0 Å². The van der Waals surface area contributed by atoms with E-state index in [0.29, 0.717) is 18.4 Å². The first-order chi connectivity index (χ1) is 31.2. The number of amides is 7. The Morgan fingerprint density at radius 1 is 0.818 bits per heavy atom. The minimum atomic E-state index is -1.60. The van der Waals surface area contributed by atoms with Crippen LogP contribution < -0.4 is 48.3 Å². The van der Waals surface area contributed by atoms with E-state index in [-0.39, 0.29) is 31.6 Å². The molecule has 1 aromatic heterocycles. The highest BCUT2D eigenvalue weighted by Gasteiger charge is 2.41. The van der Waals surface area contributed by atoms with Crippen molar-refractivity contribution in [2.75, 3.05) is 6.54 Å². The third-order valence-corrected chi connectivity index (χ3v) is 11.7. The number of rotatable bonds is 24. The van der Waals surface area contributed by atoms with Crippen LogP contribution in [0.3, 0.4) is 0 Å². The number of benzene rings is 2. The Bertz CT molecular complexity index is 2250. The van der Waals surface area contributed by atoms with Gasteiger partial charge in [0, 0.05) is 42.5 Å². The molecule has 21 nitrogen and oxygen atoms in total. The highest BCUT2D eigenvalue weighted by atomic mass is 16.4. The number of primary amides is 1. The van der Waals surface area contributed by atoms with Gasteiger partial charge in [0.25, 0.3) is 5.91 Å². The molecule has 4 rings (SSSR count). The molecule has 0 unspecified atom stereocenters. The van der Waals surface area contributed by atoms with Gasteiger partial charge in [-0.1, -0.05) is 64.4 Å². The minimum absolute atomic E-state index is 0.0631. The van der Waals surface area contributed by atoms with Crippen LogP contribution in [0.4, 0.5) is 0 Å². The molecule has 0 bridgehead atoms. The third-order valence-electron chi connectivity index (χ3n) is 11.7. The first kappa shape index (κ1) is 51.6. The highest BCUT2D eigenvalue weighted by molar-refractivity contribution is 5.98. The second-order valence-corrected chi connectivity index (χ2v) is 17.0. The quantitative estimate of drug-likeness (QED) is 0.0424. The third kappa shape index (κ3) is 14.2. The lowest BCUT2D eigenvalue weighted by molar-refractivity contribution is -0.403. The average molecular weight is 919 g/mol. The summed E-state index contributed by atoms with van der Waals surface area (Å²) in [5.74, 6) is -10.2. The van der Waals surface area contributed by atoms with Gasteiger partial charge in [0.05, 0.1) is 18.4 Å². The molecule has 1 saturated heterocycles. The van der Waals surface area contributed by atoms with Crippen molar-refractivity contribution in [3.8, 4) is 5.75 Å². The number of phenolic OH excluding ortho intramolecular Hbond substituents is 1. The van der Waals surface area contributed by atoms with Crippen LogP contribution in [0.1, 0.15) is 77.3 Å². The molecule has 0 spiro atoms. The van der Waals surface area contributed by atoms with Gasteiger partial charge < -0.3 is 72.8 Å². The number of hydrogen-bond acceptors (Lipinski definition) is 12. The number of carbonyl (C=O) groups excluding carboxylic acids is 9. The lowest BCUT2D eigenvalue weighted by atomic mass is 9.96. The molecule has 3 aromatic rings. The number of carbonyl (C=O) groups is 9. The molecule has 2 heterocycles. The summed E-state index contributed by atoms with van der Waals surface area (Å²) in [5, 5.41) is 46.6. The van der Waals surface area contributed by atoms with Crippen LogP contribution >= 0.6 is 0 Å². The summed E-state index contributed by atoms with van der Waals surface area (Å²) in [5.41, 5.74) is 11.4. The van der Waals surface area contributed by atoms with Gasteiger partial charge in [-0.3, -0.25) is 33.6 Å². The predicted molar refractivity (Wildman–Crippen MR) is 232 cm³/mol. The van der Waals surface area contributed by atoms with E-state index < -0.39 is 127 Å². The van der Waals surface area contributed by atoms with Crippen LogP contribution in [0.15, 0.2) is 54.7 Å². The van der Waals surface area contributed by atoms with Crippen LogP contribution in [0, 0.1) is 11.8 Å². The van der Waals surface area contributed by atoms with E-state index in [0.717, 1.165) is 16.5 Å². The monoisotopic (exact) mass is 918 g/mol. The number of nitrogens with two attached hydrogens (primary N) is 1. The summed E-state index contributed by atoms with van der Waals surface area (Å²) in [6.45, 7) is 6.56. The molecule has 358 valence electrons. The Morgan fingerprint density at radius 2 is 1.44 bits per heavy atom. The van der Waals surface area contributed by atoms with Gasteiger partial charge in [-0.15, -0.1) is 0 Å². The maximum Gasteiger partial charge on any atom is 0.279 e. The zero-order valence-corrected chi connectivity index (χ0v) is 37.4. The maximum absolute atomic E-state index is 14.4. The summed E-state index contributed by atoms with van der Waals surface area (Å²) in [6, 6.07) is 3.85. The molecule has 1 aliphatic heterocycles. The van der Waals surface area contributed by atoms with Gasteiger partial charge in [0.2, 0.25) is 35.4 Å². The fourth-order valence-corrected chi connectivity index (χ4v) is 7.68. The first-order valence-electron chi connectivity index (χ1n) is 21.9. The maximum atomic E-state index is 14.4. The van der Waals surface area contributed by atoms with Gasteiger partial charge in [-0.25, -0.2) is 0 Å². The number of phenols is 1. The number of carboxylic acid groups (broad SMARTS) is 2. The molecule has 0 saturated carbocycles. The van der Waals surface area contributed by atoms with Crippen LogP contribution in [0.25, 0.3) is 10.9 Å². The molecule has 0 aliphatic carbocycles. The van der Waals surface area contributed by atoms with E-state index in [1.807, 2.05) is 24.3 Å². The molecule has 1 fully saturated rings. The SMILES string of the molecule is CC[C@H](C)[C@H](NC(=O)[C@H](Cc1ccc(O)cc1)NC(=O)[C@H](CCC(=O)[O-])NC(=O)[C@@H]([NH3+])Cc1c[nH]c2ccccc12)C(=O)N1CCC[C@H]1C(=O)N[C@@H](CC(N)=O)C(=O)N[C@H](C(=O)[O-])C(C)C. The van der Waals surface area contributed by atoms with E-state index in [1.54, 1.807) is 20.0 Å². The Kier molecular flexibility index (Phi) is 18.6. The van der Waals surface area contributed by atoms with Crippen molar-refractivity contribution in [3.63, 3.8) is 0 Å². The number of likely N-dealkylation sites (tertiary alicyclic amines) is 1. The predicted octanol–water partition coefficient (Wildman–Crippen LogP) is -3.46. The molecule has 0 radical (unpaired) electrons. The molecule has 21 heteroatoms. The average Bonchev–Trinajstić information content (AvgIpc) is 3.93. The second kappa shape index (κ2) is 23.8. The zero-order valence-electron chi connectivity index (χ0n) is 37.4. The number of aromatic amines is 1. The Morgan fingerprint density at radius 3 is 2.06 bits per heavy atom. The Labute approximate surface area is 381 Å². The van der Waals surface area contributed by atoms with Gasteiger partial charge in [-0.05, 0) is 66.8 Å². The number of hydrogen-bond donors (Lipinski definition) is 9. The van der Waals surface area contributed by atoms with Crippen LogP contribution in [-0.2, 0) is 56.0 Å². The number of fused-ring (bicyclic) bond motifs is 1. The first-order valence-corrected chi connectivity index (χ1v) is 21.9. The smallest absolute Gasteiger partial charge is 0.279 e. The van der Waals surface area contributed by atoms with Crippen molar-refractivity contribution in [1.29, 1.82) is 0 Å².